The summed E-state index contributed by atoms with van der Waals surface area (Å²) < 4.78 is 15.6. The van der Waals surface area contributed by atoms with Crippen LogP contribution in [0.2, 0.25) is 0 Å². The molecule has 0 spiro atoms. The fourth-order valence-corrected chi connectivity index (χ4v) is 8.81. The number of hydrogen-bond acceptors (Lipinski definition) is 4. The quantitative estimate of drug-likeness (QED) is 0.199. The van der Waals surface area contributed by atoms with Crippen LogP contribution in [0, 0.1) is 0 Å². The number of hydrogen-bond donors (Lipinski definition) is 1. The molecule has 0 bridgehead atoms. The molecule has 1 atom stereocenters. The molecule has 4 heterocycles. The van der Waals surface area contributed by atoms with Crippen LogP contribution in [-0.2, 0) is 0 Å². The van der Waals surface area contributed by atoms with E-state index in [2.05, 4.69) is 179 Å². The van der Waals surface area contributed by atoms with Crippen molar-refractivity contribution < 1.29 is 8.83 Å². The van der Waals surface area contributed by atoms with Gasteiger partial charge in [0.05, 0.1) is 28.1 Å². The van der Waals surface area contributed by atoms with Crippen molar-refractivity contribution in [2.75, 3.05) is 10.2 Å². The van der Waals surface area contributed by atoms with Gasteiger partial charge in [-0.3, -0.25) is 0 Å². The Balaban J connectivity index is 0.992. The summed E-state index contributed by atoms with van der Waals surface area (Å²) in [7, 11) is 0. The number of nitrogens with zero attached hydrogens (tertiary/aromatic N) is 2. The molecule has 0 aliphatic carbocycles. The Morgan fingerprint density at radius 2 is 1.20 bits per heavy atom. The van der Waals surface area contributed by atoms with Crippen molar-refractivity contribution in [1.29, 1.82) is 0 Å². The SMILES string of the molecule is c1ccc(C2Nc3ccccc3N2c2ccc(-c3cccc4oc5cc(-n6c7ccccc7c7ccc8c9ccccc9oc8c76)ccc5c34)cc2)cc1. The summed E-state index contributed by atoms with van der Waals surface area (Å²) in [5.74, 6) is 0. The van der Waals surface area contributed by atoms with Crippen LogP contribution in [-0.4, -0.2) is 4.57 Å². The maximum atomic E-state index is 6.67. The maximum absolute atomic E-state index is 6.67. The molecule has 3 aromatic heterocycles. The van der Waals surface area contributed by atoms with Crippen LogP contribution in [0.15, 0.2) is 185 Å². The summed E-state index contributed by atoms with van der Waals surface area (Å²) in [5.41, 5.74) is 13.6. The predicted molar refractivity (Wildman–Crippen MR) is 222 cm³/mol. The molecule has 0 fully saturated rings. The van der Waals surface area contributed by atoms with Gasteiger partial charge in [0.25, 0.3) is 0 Å². The fourth-order valence-electron chi connectivity index (χ4n) is 8.81. The van der Waals surface area contributed by atoms with Gasteiger partial charge in [-0.05, 0) is 77.4 Å². The highest BCUT2D eigenvalue weighted by Gasteiger charge is 2.31. The van der Waals surface area contributed by atoms with Crippen LogP contribution in [0.25, 0.3) is 82.5 Å². The van der Waals surface area contributed by atoms with E-state index in [-0.39, 0.29) is 6.17 Å². The molecule has 12 rings (SSSR count). The molecule has 11 aromatic rings. The Morgan fingerprint density at radius 1 is 0.481 bits per heavy atom. The van der Waals surface area contributed by atoms with Crippen molar-refractivity contribution >= 4 is 82.7 Å². The third kappa shape index (κ3) is 4.15. The van der Waals surface area contributed by atoms with Gasteiger partial charge in [-0.2, -0.15) is 0 Å². The first-order chi connectivity index (χ1) is 26.8. The van der Waals surface area contributed by atoms with Gasteiger partial charge in [0.15, 0.2) is 5.58 Å². The highest BCUT2D eigenvalue weighted by atomic mass is 16.3. The zero-order chi connectivity index (χ0) is 35.3. The Kier molecular flexibility index (Phi) is 6.05. The largest absolute Gasteiger partial charge is 0.456 e. The van der Waals surface area contributed by atoms with Crippen molar-refractivity contribution in [2.45, 2.75) is 6.17 Å². The van der Waals surface area contributed by atoms with Crippen molar-refractivity contribution in [2.24, 2.45) is 0 Å². The molecule has 0 saturated carbocycles. The van der Waals surface area contributed by atoms with Crippen LogP contribution < -0.4 is 10.2 Å². The van der Waals surface area contributed by atoms with Gasteiger partial charge in [0.2, 0.25) is 0 Å². The van der Waals surface area contributed by atoms with Gasteiger partial charge in [0.1, 0.15) is 22.9 Å². The van der Waals surface area contributed by atoms with E-state index in [1.54, 1.807) is 0 Å². The van der Waals surface area contributed by atoms with Crippen molar-refractivity contribution in [3.05, 3.63) is 181 Å². The molecule has 5 heteroatoms. The Morgan fingerprint density at radius 3 is 2.11 bits per heavy atom. The van der Waals surface area contributed by atoms with Crippen molar-refractivity contribution in [3.8, 4) is 16.8 Å². The summed E-state index contributed by atoms with van der Waals surface area (Å²) in [6.07, 6.45) is 0.00220. The molecule has 0 saturated heterocycles. The molecule has 1 aliphatic heterocycles. The second kappa shape index (κ2) is 11.1. The van der Waals surface area contributed by atoms with Crippen LogP contribution in [0.4, 0.5) is 17.1 Å². The second-order valence-electron chi connectivity index (χ2n) is 14.1. The first-order valence-corrected chi connectivity index (χ1v) is 18.4. The molecule has 5 nitrogen and oxygen atoms in total. The van der Waals surface area contributed by atoms with E-state index in [9.17, 15) is 0 Å². The molecule has 254 valence electrons. The Bertz CT molecular complexity index is 3260. The first kappa shape index (κ1) is 29.3. The number of rotatable bonds is 4. The van der Waals surface area contributed by atoms with Crippen molar-refractivity contribution in [3.63, 3.8) is 0 Å². The molecule has 8 aromatic carbocycles. The molecule has 1 aliphatic rings. The number of benzene rings is 8. The van der Waals surface area contributed by atoms with E-state index in [0.29, 0.717) is 0 Å². The Labute approximate surface area is 309 Å². The van der Waals surface area contributed by atoms with Gasteiger partial charge >= 0.3 is 0 Å². The third-order valence-corrected chi connectivity index (χ3v) is 11.2. The van der Waals surface area contributed by atoms with Crippen LogP contribution in [0.5, 0.6) is 0 Å². The number of anilines is 3. The van der Waals surface area contributed by atoms with Crippen LogP contribution in [0.1, 0.15) is 11.7 Å². The van der Waals surface area contributed by atoms with Gasteiger partial charge < -0.3 is 23.6 Å². The summed E-state index contributed by atoms with van der Waals surface area (Å²) in [6, 6.07) is 62.3. The van der Waals surface area contributed by atoms with Gasteiger partial charge in [-0.1, -0.05) is 109 Å². The lowest BCUT2D eigenvalue weighted by Gasteiger charge is -2.27. The van der Waals surface area contributed by atoms with Gasteiger partial charge in [0, 0.05) is 44.1 Å². The first-order valence-electron chi connectivity index (χ1n) is 18.4. The topological polar surface area (TPSA) is 46.5 Å². The lowest BCUT2D eigenvalue weighted by molar-refractivity contribution is 0.668. The standard InChI is InChI=1S/C49H31N3O2/c1-2-11-31(12-3-1)49-50-40-16-6-8-18-42(40)52(49)32-23-21-30(22-24-32)34-15-10-20-44-46(34)39-26-25-33(29-45(39)53-44)51-41-17-7-4-13-35(41)37-27-28-38-36-14-5-9-19-43(36)54-48(38)47(37)51/h1-29,49-50H. The van der Waals surface area contributed by atoms with Crippen LogP contribution in [0.3, 0.4) is 0 Å². The zero-order valence-corrected chi connectivity index (χ0v) is 29.0. The average Bonchev–Trinajstić information content (AvgIpc) is 4.00. The van der Waals surface area contributed by atoms with E-state index in [1.165, 1.54) is 16.6 Å². The van der Waals surface area contributed by atoms with E-state index >= 15 is 0 Å². The third-order valence-electron chi connectivity index (χ3n) is 11.2. The smallest absolute Gasteiger partial charge is 0.160 e. The van der Waals surface area contributed by atoms with E-state index in [0.717, 1.165) is 88.5 Å². The zero-order valence-electron chi connectivity index (χ0n) is 29.0. The fraction of sp³-hybridized carbons (Fsp3) is 0.0204. The van der Waals surface area contributed by atoms with Crippen molar-refractivity contribution in [1.82, 2.24) is 4.57 Å². The lowest BCUT2D eigenvalue weighted by atomic mass is 9.99. The van der Waals surface area contributed by atoms with Gasteiger partial charge in [-0.25, -0.2) is 0 Å². The minimum absolute atomic E-state index is 0.00220. The monoisotopic (exact) mass is 693 g/mol. The number of nitrogens with one attached hydrogen (secondary N) is 1. The minimum atomic E-state index is 0.00220. The predicted octanol–water partition coefficient (Wildman–Crippen LogP) is 13.5. The number of furan rings is 2. The number of aromatic nitrogens is 1. The average molecular weight is 694 g/mol. The van der Waals surface area contributed by atoms with E-state index in [1.807, 2.05) is 12.1 Å². The lowest BCUT2D eigenvalue weighted by Crippen LogP contribution is -2.23. The summed E-state index contributed by atoms with van der Waals surface area (Å²) in [5, 5.41) is 10.5. The summed E-state index contributed by atoms with van der Waals surface area (Å²) in [6.45, 7) is 0. The molecule has 54 heavy (non-hydrogen) atoms. The maximum Gasteiger partial charge on any atom is 0.160 e. The minimum Gasteiger partial charge on any atom is -0.456 e. The second-order valence-corrected chi connectivity index (χ2v) is 14.1. The Hall–Kier alpha value is -7.24. The number of para-hydroxylation sites is 4. The highest BCUT2D eigenvalue weighted by molar-refractivity contribution is 6.22. The molecular weight excluding hydrogens is 663 g/mol. The molecule has 0 amide bonds. The molecule has 1 N–H and O–H groups in total. The summed E-state index contributed by atoms with van der Waals surface area (Å²) >= 11 is 0. The molecule has 0 radical (unpaired) electrons. The van der Waals surface area contributed by atoms with Gasteiger partial charge in [-0.15, -0.1) is 0 Å². The highest BCUT2D eigenvalue weighted by Crippen LogP contribution is 2.47. The van der Waals surface area contributed by atoms with Crippen LogP contribution >= 0.6 is 0 Å². The van der Waals surface area contributed by atoms with E-state index in [4.69, 9.17) is 8.83 Å². The summed E-state index contributed by atoms with van der Waals surface area (Å²) in [4.78, 5) is 2.39. The van der Waals surface area contributed by atoms with E-state index < -0.39 is 0 Å². The molecule has 1 unspecified atom stereocenters. The normalized spacial score (nSPS) is 14.2. The molecular formula is C49H31N3O2. The number of fused-ring (bicyclic) bond motifs is 11.